The zero-order valence-electron chi connectivity index (χ0n) is 10.5. The Kier molecular flexibility index (Phi) is 3.47. The summed E-state index contributed by atoms with van der Waals surface area (Å²) in [7, 11) is 0. The first-order chi connectivity index (χ1) is 8.20. The molecule has 0 radical (unpaired) electrons. The van der Waals surface area contributed by atoms with Crippen LogP contribution in [0.4, 0.5) is 0 Å². The van der Waals surface area contributed by atoms with E-state index in [1.54, 1.807) is 0 Å². The number of hydrogen-bond donors (Lipinski definition) is 0. The van der Waals surface area contributed by atoms with Gasteiger partial charge in [0, 0.05) is 0 Å². The Morgan fingerprint density at radius 2 is 2.00 bits per heavy atom. The second-order valence-electron chi connectivity index (χ2n) is 4.00. The molecule has 1 aromatic heterocycles. The third-order valence-electron chi connectivity index (χ3n) is 2.78. The minimum absolute atomic E-state index is 0.381. The van der Waals surface area contributed by atoms with Gasteiger partial charge in [0.1, 0.15) is 11.5 Å². The van der Waals surface area contributed by atoms with E-state index in [2.05, 4.69) is 18.0 Å². The molecule has 0 saturated heterocycles. The van der Waals surface area contributed by atoms with E-state index < -0.39 is 0 Å². The zero-order valence-corrected chi connectivity index (χ0v) is 10.5. The van der Waals surface area contributed by atoms with Crippen LogP contribution < -0.4 is 4.74 Å². The van der Waals surface area contributed by atoms with Crippen molar-refractivity contribution in [3.8, 4) is 5.75 Å². The summed E-state index contributed by atoms with van der Waals surface area (Å²) in [6.07, 6.45) is 0.958. The molecular weight excluding hydrogens is 214 g/mol. The number of aryl methyl sites for hydroxylation is 3. The van der Waals surface area contributed by atoms with Crippen molar-refractivity contribution in [2.45, 2.75) is 33.8 Å². The van der Waals surface area contributed by atoms with E-state index in [4.69, 9.17) is 9.15 Å². The predicted molar refractivity (Wildman–Crippen MR) is 66.1 cm³/mol. The van der Waals surface area contributed by atoms with Crippen LogP contribution in [0.1, 0.15) is 29.8 Å². The average Bonchev–Trinajstić information content (AvgIpc) is 2.66. The SMILES string of the molecule is CCc1ccccc1OCc1nc(C)c(C)o1. The molecule has 0 unspecified atom stereocenters. The summed E-state index contributed by atoms with van der Waals surface area (Å²) in [5.74, 6) is 2.39. The molecule has 0 saturated carbocycles. The predicted octanol–water partition coefficient (Wildman–Crippen LogP) is 3.43. The molecule has 1 heterocycles. The molecule has 0 bridgehead atoms. The molecule has 0 aliphatic carbocycles. The first-order valence-corrected chi connectivity index (χ1v) is 5.84. The van der Waals surface area contributed by atoms with Gasteiger partial charge in [0.2, 0.25) is 5.89 Å². The number of oxazole rings is 1. The van der Waals surface area contributed by atoms with Crippen LogP contribution in [-0.2, 0) is 13.0 Å². The van der Waals surface area contributed by atoms with Gasteiger partial charge in [0.05, 0.1) is 5.69 Å². The highest BCUT2D eigenvalue weighted by Crippen LogP contribution is 2.20. The van der Waals surface area contributed by atoms with Gasteiger partial charge in [0.15, 0.2) is 6.61 Å². The van der Waals surface area contributed by atoms with Crippen LogP contribution in [0.25, 0.3) is 0 Å². The normalized spacial score (nSPS) is 10.5. The number of nitrogens with zero attached hydrogens (tertiary/aromatic N) is 1. The van der Waals surface area contributed by atoms with Gasteiger partial charge in [-0.3, -0.25) is 0 Å². The van der Waals surface area contributed by atoms with Gasteiger partial charge in [-0.15, -0.1) is 0 Å². The Hall–Kier alpha value is -1.77. The lowest BCUT2D eigenvalue weighted by atomic mass is 10.1. The molecule has 90 valence electrons. The van der Waals surface area contributed by atoms with Gasteiger partial charge in [-0.25, -0.2) is 4.98 Å². The van der Waals surface area contributed by atoms with Gasteiger partial charge in [-0.2, -0.15) is 0 Å². The molecule has 0 N–H and O–H groups in total. The maximum atomic E-state index is 5.73. The van der Waals surface area contributed by atoms with E-state index >= 15 is 0 Å². The highest BCUT2D eigenvalue weighted by molar-refractivity contribution is 5.33. The number of benzene rings is 1. The van der Waals surface area contributed by atoms with Crippen LogP contribution in [0.5, 0.6) is 5.75 Å². The molecule has 0 atom stereocenters. The Balaban J connectivity index is 2.07. The van der Waals surface area contributed by atoms with Gasteiger partial charge < -0.3 is 9.15 Å². The molecule has 17 heavy (non-hydrogen) atoms. The maximum absolute atomic E-state index is 5.73. The highest BCUT2D eigenvalue weighted by atomic mass is 16.5. The van der Waals surface area contributed by atoms with E-state index in [9.17, 15) is 0 Å². The monoisotopic (exact) mass is 231 g/mol. The van der Waals surface area contributed by atoms with Crippen LogP contribution in [-0.4, -0.2) is 4.98 Å². The summed E-state index contributed by atoms with van der Waals surface area (Å²) in [5.41, 5.74) is 2.12. The van der Waals surface area contributed by atoms with Crippen LogP contribution >= 0.6 is 0 Å². The lowest BCUT2D eigenvalue weighted by Gasteiger charge is -2.07. The van der Waals surface area contributed by atoms with Crippen molar-refractivity contribution in [2.24, 2.45) is 0 Å². The van der Waals surface area contributed by atoms with E-state index in [-0.39, 0.29) is 0 Å². The van der Waals surface area contributed by atoms with Crippen molar-refractivity contribution in [1.82, 2.24) is 4.98 Å². The molecule has 0 fully saturated rings. The Morgan fingerprint density at radius 1 is 1.24 bits per heavy atom. The standard InChI is InChI=1S/C14H17NO2/c1-4-12-7-5-6-8-13(12)16-9-14-15-10(2)11(3)17-14/h5-8H,4,9H2,1-3H3. The van der Waals surface area contributed by atoms with Crippen LogP contribution in [0, 0.1) is 13.8 Å². The second-order valence-corrected chi connectivity index (χ2v) is 4.00. The van der Waals surface area contributed by atoms with Crippen LogP contribution in [0.3, 0.4) is 0 Å². The minimum atomic E-state index is 0.381. The van der Waals surface area contributed by atoms with Crippen molar-refractivity contribution >= 4 is 0 Å². The van der Waals surface area contributed by atoms with E-state index in [1.165, 1.54) is 5.56 Å². The molecule has 0 aliphatic heterocycles. The van der Waals surface area contributed by atoms with Gasteiger partial charge >= 0.3 is 0 Å². The fourth-order valence-corrected chi connectivity index (χ4v) is 1.68. The molecule has 2 rings (SSSR count). The summed E-state index contributed by atoms with van der Waals surface area (Å²) in [5, 5.41) is 0. The van der Waals surface area contributed by atoms with E-state index in [1.807, 2.05) is 32.0 Å². The first-order valence-electron chi connectivity index (χ1n) is 5.84. The summed E-state index contributed by atoms with van der Waals surface area (Å²) < 4.78 is 11.2. The fourth-order valence-electron chi connectivity index (χ4n) is 1.68. The van der Waals surface area contributed by atoms with Gasteiger partial charge in [-0.1, -0.05) is 25.1 Å². The highest BCUT2D eigenvalue weighted by Gasteiger charge is 2.07. The number of aromatic nitrogens is 1. The van der Waals surface area contributed by atoms with Crippen LogP contribution in [0.2, 0.25) is 0 Å². The quantitative estimate of drug-likeness (QED) is 0.808. The van der Waals surface area contributed by atoms with Crippen molar-refractivity contribution < 1.29 is 9.15 Å². The summed E-state index contributed by atoms with van der Waals surface area (Å²) in [4.78, 5) is 4.29. The second kappa shape index (κ2) is 5.04. The van der Waals surface area contributed by atoms with E-state index in [0.29, 0.717) is 12.5 Å². The molecule has 0 aliphatic rings. The van der Waals surface area contributed by atoms with Crippen molar-refractivity contribution in [3.63, 3.8) is 0 Å². The summed E-state index contributed by atoms with van der Waals surface area (Å²) >= 11 is 0. The molecule has 2 aromatic rings. The topological polar surface area (TPSA) is 35.3 Å². The third kappa shape index (κ3) is 2.67. The molecule has 3 heteroatoms. The minimum Gasteiger partial charge on any atom is -0.484 e. The Morgan fingerprint density at radius 3 is 2.65 bits per heavy atom. The molecule has 1 aromatic carbocycles. The Labute approximate surface area is 101 Å². The number of ether oxygens (including phenoxy) is 1. The van der Waals surface area contributed by atoms with Crippen molar-refractivity contribution in [2.75, 3.05) is 0 Å². The third-order valence-corrected chi connectivity index (χ3v) is 2.78. The number of para-hydroxylation sites is 1. The Bertz CT molecular complexity index is 483. The molecule has 3 nitrogen and oxygen atoms in total. The lowest BCUT2D eigenvalue weighted by molar-refractivity contribution is 0.258. The summed E-state index contributed by atoms with van der Waals surface area (Å²) in [6, 6.07) is 8.04. The first kappa shape index (κ1) is 11.7. The van der Waals surface area contributed by atoms with E-state index in [0.717, 1.165) is 23.6 Å². The van der Waals surface area contributed by atoms with Gasteiger partial charge in [-0.05, 0) is 31.9 Å². The molecular formula is C14H17NO2. The smallest absolute Gasteiger partial charge is 0.232 e. The molecule has 0 amide bonds. The lowest BCUT2D eigenvalue weighted by Crippen LogP contribution is -1.98. The largest absolute Gasteiger partial charge is 0.484 e. The average molecular weight is 231 g/mol. The van der Waals surface area contributed by atoms with Crippen molar-refractivity contribution in [1.29, 1.82) is 0 Å². The zero-order chi connectivity index (χ0) is 12.3. The fraction of sp³-hybridized carbons (Fsp3) is 0.357. The summed E-state index contributed by atoms with van der Waals surface area (Å²) in [6.45, 7) is 6.33. The molecule has 0 spiro atoms. The maximum Gasteiger partial charge on any atom is 0.232 e. The number of hydrogen-bond acceptors (Lipinski definition) is 3. The van der Waals surface area contributed by atoms with Crippen molar-refractivity contribution in [3.05, 3.63) is 47.2 Å². The van der Waals surface area contributed by atoms with Crippen LogP contribution in [0.15, 0.2) is 28.7 Å². The van der Waals surface area contributed by atoms with Gasteiger partial charge in [0.25, 0.3) is 0 Å². The number of rotatable bonds is 4.